The minimum atomic E-state index is -0.247. The minimum Gasteiger partial charge on any atom is -0.354 e. The summed E-state index contributed by atoms with van der Waals surface area (Å²) in [4.78, 5) is 17.9. The van der Waals surface area contributed by atoms with Crippen molar-refractivity contribution in [3.05, 3.63) is 47.5 Å². The number of carbonyl (C=O) groups is 1. The van der Waals surface area contributed by atoms with Crippen molar-refractivity contribution in [1.82, 2.24) is 29.7 Å². The van der Waals surface area contributed by atoms with E-state index >= 15 is 0 Å². The van der Waals surface area contributed by atoms with E-state index in [4.69, 9.17) is 12.2 Å². The van der Waals surface area contributed by atoms with Crippen LogP contribution in [-0.4, -0.2) is 79.8 Å². The van der Waals surface area contributed by atoms with Gasteiger partial charge in [-0.15, -0.1) is 5.10 Å². The van der Waals surface area contributed by atoms with Gasteiger partial charge in [0.2, 0.25) is 0 Å². The molecule has 0 saturated carbocycles. The van der Waals surface area contributed by atoms with Gasteiger partial charge in [-0.3, -0.25) is 0 Å². The van der Waals surface area contributed by atoms with E-state index < -0.39 is 0 Å². The van der Waals surface area contributed by atoms with E-state index in [0.29, 0.717) is 37.5 Å². The second kappa shape index (κ2) is 10.0. The topological polar surface area (TPSA) is 57.5 Å². The fourth-order valence-corrected chi connectivity index (χ4v) is 4.10. The zero-order valence-electron chi connectivity index (χ0n) is 16.6. The molecule has 1 fully saturated rings. The Hall–Kier alpha value is -2.20. The van der Waals surface area contributed by atoms with Crippen molar-refractivity contribution in [2.24, 2.45) is 0 Å². The maximum absolute atomic E-state index is 13.8. The largest absolute Gasteiger partial charge is 0.354 e. The normalized spacial score (nSPS) is 14.2. The predicted molar refractivity (Wildman–Crippen MR) is 116 cm³/mol. The van der Waals surface area contributed by atoms with Crippen LogP contribution in [0.3, 0.4) is 0 Å². The van der Waals surface area contributed by atoms with Crippen LogP contribution in [0.5, 0.6) is 0 Å². The fraction of sp³-hybridized carbons (Fsp3) is 0.474. The van der Waals surface area contributed by atoms with Crippen molar-refractivity contribution in [3.8, 4) is 0 Å². The maximum atomic E-state index is 13.8. The van der Waals surface area contributed by atoms with E-state index in [2.05, 4.69) is 15.2 Å². The van der Waals surface area contributed by atoms with E-state index in [0.717, 1.165) is 23.1 Å². The molecule has 0 bridgehead atoms. The summed E-state index contributed by atoms with van der Waals surface area (Å²) in [6.07, 6.45) is 1.82. The second-order valence-electron chi connectivity index (χ2n) is 6.82. The Morgan fingerprint density at radius 3 is 2.62 bits per heavy atom. The Bertz CT molecular complexity index is 853. The van der Waals surface area contributed by atoms with Crippen LogP contribution in [0.1, 0.15) is 18.2 Å². The van der Waals surface area contributed by atoms with E-state index in [-0.39, 0.29) is 11.8 Å². The Morgan fingerprint density at radius 1 is 1.24 bits per heavy atom. The molecule has 0 unspecified atom stereocenters. The van der Waals surface area contributed by atoms with Crippen molar-refractivity contribution in [3.63, 3.8) is 0 Å². The summed E-state index contributed by atoms with van der Waals surface area (Å²) in [7, 11) is 1.81. The molecular weight excluding hydrogens is 411 g/mol. The van der Waals surface area contributed by atoms with Crippen molar-refractivity contribution in [2.45, 2.75) is 19.2 Å². The number of hydrogen-bond donors (Lipinski definition) is 0. The minimum absolute atomic E-state index is 0.0668. The van der Waals surface area contributed by atoms with Gasteiger partial charge in [0, 0.05) is 57.3 Å². The molecule has 1 saturated heterocycles. The highest BCUT2D eigenvalue weighted by atomic mass is 32.2. The Labute approximate surface area is 179 Å². The summed E-state index contributed by atoms with van der Waals surface area (Å²) in [6, 6.07) is 6.72. The van der Waals surface area contributed by atoms with Crippen LogP contribution in [0.15, 0.2) is 30.5 Å². The number of thiocarbonyl (C=S) groups is 1. The van der Waals surface area contributed by atoms with Gasteiger partial charge in [-0.25, -0.2) is 13.9 Å². The SMILES string of the molecule is CCN(C)C(=O)N1CCN(C(=S)SCc2cn(Cc3ccccc3F)nn2)CC1. The lowest BCUT2D eigenvalue weighted by Crippen LogP contribution is -2.52. The third-order valence-electron chi connectivity index (χ3n) is 4.83. The lowest BCUT2D eigenvalue weighted by Gasteiger charge is -2.37. The highest BCUT2D eigenvalue weighted by molar-refractivity contribution is 8.22. The molecule has 156 valence electrons. The third-order valence-corrected chi connectivity index (χ3v) is 6.39. The first kappa shape index (κ1) is 21.5. The number of benzene rings is 1. The van der Waals surface area contributed by atoms with Gasteiger partial charge in [-0.2, -0.15) is 0 Å². The van der Waals surface area contributed by atoms with Gasteiger partial charge in [0.15, 0.2) is 0 Å². The molecule has 0 N–H and O–H groups in total. The quantitative estimate of drug-likeness (QED) is 0.672. The van der Waals surface area contributed by atoms with Gasteiger partial charge < -0.3 is 14.7 Å². The standard InChI is InChI=1S/C19H25FN6OS2/c1-3-23(2)18(27)24-8-10-25(11-9-24)19(28)29-14-16-13-26(22-21-16)12-15-6-4-5-7-17(15)20/h4-7,13H,3,8-12,14H2,1-2H3. The van der Waals surface area contributed by atoms with Crippen LogP contribution >= 0.6 is 24.0 Å². The van der Waals surface area contributed by atoms with E-state index in [1.807, 2.05) is 25.1 Å². The highest BCUT2D eigenvalue weighted by Gasteiger charge is 2.24. The summed E-state index contributed by atoms with van der Waals surface area (Å²) in [6.45, 7) is 5.81. The molecule has 2 aromatic rings. The van der Waals surface area contributed by atoms with Gasteiger partial charge in [0.05, 0.1) is 12.2 Å². The molecule has 1 aromatic heterocycles. The number of piperazine rings is 1. The molecule has 1 aliphatic rings. The number of nitrogens with zero attached hydrogens (tertiary/aromatic N) is 6. The number of thioether (sulfide) groups is 1. The summed E-state index contributed by atoms with van der Waals surface area (Å²) >= 11 is 7.08. The van der Waals surface area contributed by atoms with Crippen LogP contribution in [0.4, 0.5) is 9.18 Å². The molecule has 0 atom stereocenters. The number of halogens is 1. The molecule has 1 aliphatic heterocycles. The third kappa shape index (κ3) is 5.66. The van der Waals surface area contributed by atoms with E-state index in [1.54, 1.807) is 27.8 Å². The summed E-state index contributed by atoms with van der Waals surface area (Å²) in [5.41, 5.74) is 1.38. The van der Waals surface area contributed by atoms with Gasteiger partial charge >= 0.3 is 6.03 Å². The molecular formula is C19H25FN6OS2. The van der Waals surface area contributed by atoms with Gasteiger partial charge in [0.25, 0.3) is 0 Å². The first-order valence-electron chi connectivity index (χ1n) is 9.52. The molecule has 2 heterocycles. The van der Waals surface area contributed by atoms with E-state index in [9.17, 15) is 9.18 Å². The first-order valence-corrected chi connectivity index (χ1v) is 10.9. The average molecular weight is 437 g/mol. The lowest BCUT2D eigenvalue weighted by molar-refractivity contribution is 0.143. The van der Waals surface area contributed by atoms with Crippen molar-refractivity contribution in [1.29, 1.82) is 0 Å². The molecule has 1 aromatic carbocycles. The molecule has 2 amide bonds. The van der Waals surface area contributed by atoms with Crippen LogP contribution in [-0.2, 0) is 12.3 Å². The van der Waals surface area contributed by atoms with Gasteiger partial charge in [-0.1, -0.05) is 47.4 Å². The van der Waals surface area contributed by atoms with Crippen LogP contribution in [0.2, 0.25) is 0 Å². The average Bonchev–Trinajstić information content (AvgIpc) is 3.20. The smallest absolute Gasteiger partial charge is 0.319 e. The number of rotatable bonds is 5. The Morgan fingerprint density at radius 2 is 1.93 bits per heavy atom. The number of urea groups is 1. The molecule has 10 heteroatoms. The van der Waals surface area contributed by atoms with Crippen LogP contribution in [0, 0.1) is 5.82 Å². The summed E-state index contributed by atoms with van der Waals surface area (Å²) in [5.74, 6) is 0.358. The van der Waals surface area contributed by atoms with Crippen molar-refractivity contribution in [2.75, 3.05) is 39.8 Å². The number of hydrogen-bond acceptors (Lipinski definition) is 5. The van der Waals surface area contributed by atoms with E-state index in [1.165, 1.54) is 17.8 Å². The number of amides is 2. The zero-order chi connectivity index (χ0) is 20.8. The monoisotopic (exact) mass is 436 g/mol. The highest BCUT2D eigenvalue weighted by Crippen LogP contribution is 2.17. The molecule has 3 rings (SSSR count). The Kier molecular flexibility index (Phi) is 7.43. The lowest BCUT2D eigenvalue weighted by atomic mass is 10.2. The summed E-state index contributed by atoms with van der Waals surface area (Å²) in [5, 5.41) is 8.23. The number of aromatic nitrogens is 3. The zero-order valence-corrected chi connectivity index (χ0v) is 18.3. The molecule has 0 aliphatic carbocycles. The van der Waals surface area contributed by atoms with Gasteiger partial charge in [-0.05, 0) is 13.0 Å². The van der Waals surface area contributed by atoms with Crippen LogP contribution in [0.25, 0.3) is 0 Å². The Balaban J connectivity index is 1.45. The number of carbonyl (C=O) groups excluding carboxylic acids is 1. The molecule has 0 spiro atoms. The van der Waals surface area contributed by atoms with Crippen LogP contribution < -0.4 is 0 Å². The molecule has 7 nitrogen and oxygen atoms in total. The first-order chi connectivity index (χ1) is 14.0. The van der Waals surface area contributed by atoms with Crippen molar-refractivity contribution >= 4 is 34.3 Å². The fourth-order valence-electron chi connectivity index (χ4n) is 2.97. The molecule has 29 heavy (non-hydrogen) atoms. The predicted octanol–water partition coefficient (Wildman–Crippen LogP) is 2.67. The second-order valence-corrected chi connectivity index (χ2v) is 8.43. The maximum Gasteiger partial charge on any atom is 0.319 e. The van der Waals surface area contributed by atoms with Gasteiger partial charge in [0.1, 0.15) is 10.1 Å². The molecule has 0 radical (unpaired) electrons. The van der Waals surface area contributed by atoms with Crippen molar-refractivity contribution < 1.29 is 9.18 Å². The summed E-state index contributed by atoms with van der Waals surface area (Å²) < 4.78 is 16.2.